The van der Waals surface area contributed by atoms with Gasteiger partial charge in [-0.2, -0.15) is 11.8 Å². The molecular weight excluding hydrogens is 570 g/mol. The van der Waals surface area contributed by atoms with Crippen LogP contribution in [-0.2, 0) is 33.3 Å². The highest BCUT2D eigenvalue weighted by Crippen LogP contribution is 2.34. The highest BCUT2D eigenvalue weighted by molar-refractivity contribution is 7.99. The molecular formula is C23H31N5O12S. The average Bonchev–Trinajstić information content (AvgIpc) is 3.14. The van der Waals surface area contributed by atoms with Crippen molar-refractivity contribution in [3.63, 3.8) is 0 Å². The van der Waals surface area contributed by atoms with Crippen LogP contribution in [0.1, 0.15) is 13.2 Å². The normalized spacial score (nSPS) is 34.5. The molecule has 1 aromatic rings. The van der Waals surface area contributed by atoms with Crippen LogP contribution in [0.25, 0.3) is 0 Å². The highest BCUT2D eigenvalue weighted by atomic mass is 32.2. The van der Waals surface area contributed by atoms with E-state index in [2.05, 4.69) is 10.6 Å². The average molecular weight is 602 g/mol. The van der Waals surface area contributed by atoms with E-state index in [4.69, 9.17) is 24.7 Å². The molecule has 3 aliphatic rings. The first kappa shape index (κ1) is 30.7. The number of H-pyrrole nitrogens is 1. The minimum absolute atomic E-state index is 0.102. The number of nitrogens with one attached hydrogen (secondary N) is 3. The fourth-order valence-electron chi connectivity index (χ4n) is 4.55. The zero-order chi connectivity index (χ0) is 30.0. The van der Waals surface area contributed by atoms with Crippen LogP contribution >= 0.6 is 11.8 Å². The Morgan fingerprint density at radius 1 is 1.22 bits per heavy atom. The number of primary amides is 1. The second-order valence-electron chi connectivity index (χ2n) is 9.63. The smallest absolute Gasteiger partial charge is 0.330 e. The molecule has 0 aliphatic carbocycles. The fraction of sp³-hybridized carbons (Fsp3) is 0.609. The molecule has 0 radical (unpaired) electrons. The van der Waals surface area contributed by atoms with Crippen molar-refractivity contribution in [3.05, 3.63) is 44.9 Å². The summed E-state index contributed by atoms with van der Waals surface area (Å²) in [4.78, 5) is 63.5. The lowest BCUT2D eigenvalue weighted by Crippen LogP contribution is -2.54. The van der Waals surface area contributed by atoms with Gasteiger partial charge in [0.25, 0.3) is 11.5 Å². The van der Waals surface area contributed by atoms with E-state index < -0.39 is 89.9 Å². The second kappa shape index (κ2) is 12.7. The number of aromatic nitrogens is 2. The van der Waals surface area contributed by atoms with Gasteiger partial charge in [-0.3, -0.25) is 28.7 Å². The van der Waals surface area contributed by atoms with Gasteiger partial charge in [-0.25, -0.2) is 4.79 Å². The van der Waals surface area contributed by atoms with E-state index in [-0.39, 0.29) is 11.8 Å². The van der Waals surface area contributed by atoms with Crippen molar-refractivity contribution in [2.24, 2.45) is 5.73 Å². The topological polar surface area (TPSA) is 254 Å². The van der Waals surface area contributed by atoms with Gasteiger partial charge in [-0.15, -0.1) is 0 Å². The molecule has 3 aliphatic heterocycles. The molecule has 8 N–H and O–H groups in total. The third-order valence-corrected chi connectivity index (χ3v) is 7.89. The summed E-state index contributed by atoms with van der Waals surface area (Å²) in [6, 6.07) is 0.00146. The SMILES string of the molecule is CO[C@@H]1C([C@@H](O[C@H]2OC(C(=O)N[C@H]3CSC[C@@H](C)NC3=O)=C[C@H](O)[C@@H]2O)C(N)=O)O[C@@H](n2ccc(=O)[nH]c2=O)[C@@H]1O. The maximum Gasteiger partial charge on any atom is 0.330 e. The Morgan fingerprint density at radius 2 is 1.95 bits per heavy atom. The number of nitrogens with zero attached hydrogens (tertiary/aromatic N) is 1. The zero-order valence-corrected chi connectivity index (χ0v) is 22.7. The van der Waals surface area contributed by atoms with Crippen molar-refractivity contribution in [3.8, 4) is 0 Å². The maximum absolute atomic E-state index is 12.9. The number of thioether (sulfide) groups is 1. The number of amides is 3. The summed E-state index contributed by atoms with van der Waals surface area (Å²) in [6.45, 7) is 1.82. The van der Waals surface area contributed by atoms with Gasteiger partial charge >= 0.3 is 5.69 Å². The van der Waals surface area contributed by atoms with Gasteiger partial charge in [0.05, 0.1) is 0 Å². The summed E-state index contributed by atoms with van der Waals surface area (Å²) < 4.78 is 22.9. The lowest BCUT2D eigenvalue weighted by molar-refractivity contribution is -0.241. The van der Waals surface area contributed by atoms with E-state index in [0.29, 0.717) is 5.75 Å². The van der Waals surface area contributed by atoms with Crippen molar-refractivity contribution in [2.45, 2.75) is 68.1 Å². The molecule has 2 saturated heterocycles. The summed E-state index contributed by atoms with van der Waals surface area (Å²) in [7, 11) is 1.18. The molecule has 4 heterocycles. The second-order valence-corrected chi connectivity index (χ2v) is 10.7. The monoisotopic (exact) mass is 601 g/mol. The highest BCUT2D eigenvalue weighted by Gasteiger charge is 2.52. The molecule has 4 rings (SSSR count). The van der Waals surface area contributed by atoms with Gasteiger partial charge in [0.2, 0.25) is 18.1 Å². The molecule has 1 aromatic heterocycles. The molecule has 18 heteroatoms. The number of methoxy groups -OCH3 is 1. The Hall–Kier alpha value is -3.26. The zero-order valence-electron chi connectivity index (χ0n) is 21.9. The summed E-state index contributed by atoms with van der Waals surface area (Å²) in [5.74, 6) is -2.04. The summed E-state index contributed by atoms with van der Waals surface area (Å²) in [5.41, 5.74) is 3.92. The van der Waals surface area contributed by atoms with Crippen LogP contribution in [0.5, 0.6) is 0 Å². The lowest BCUT2D eigenvalue weighted by Gasteiger charge is -2.35. The van der Waals surface area contributed by atoms with Crippen molar-refractivity contribution < 1.29 is 48.7 Å². The first-order valence-electron chi connectivity index (χ1n) is 12.5. The molecule has 0 spiro atoms. The minimum Gasteiger partial charge on any atom is -0.456 e. The number of aromatic amines is 1. The standard InChI is InChI=1S/C23H31N5O12S/c1-8-6-41-7-9(19(34)25-8)26-20(35)11-5-10(29)13(31)22(38-11)40-17(18(24)33)16-15(37-2)14(32)21(39-16)28-4-3-12(30)27-23(28)36/h3-5,8-10,13-17,21-22,29,31-32H,6-7H2,1-2H3,(H2,24,33)(H,25,34)(H,26,35)(H,27,30,36)/t8-,9+,10+,13+,14-,15+,16?,17-,21-,22-/m1/s1. The molecule has 0 bridgehead atoms. The van der Waals surface area contributed by atoms with Crippen molar-refractivity contribution in [1.29, 1.82) is 0 Å². The van der Waals surface area contributed by atoms with Crippen LogP contribution in [-0.4, -0.2) is 116 Å². The van der Waals surface area contributed by atoms with Crippen LogP contribution in [0.3, 0.4) is 0 Å². The first-order chi connectivity index (χ1) is 19.4. The van der Waals surface area contributed by atoms with Crippen molar-refractivity contribution >= 4 is 29.5 Å². The molecule has 0 aromatic carbocycles. The number of ether oxygens (including phenoxy) is 4. The van der Waals surface area contributed by atoms with Gasteiger partial charge < -0.3 is 50.6 Å². The number of carbonyl (C=O) groups excluding carboxylic acids is 3. The van der Waals surface area contributed by atoms with Gasteiger partial charge in [0.15, 0.2) is 18.1 Å². The quantitative estimate of drug-likeness (QED) is 0.148. The predicted molar refractivity (Wildman–Crippen MR) is 138 cm³/mol. The van der Waals surface area contributed by atoms with E-state index in [0.717, 1.165) is 22.9 Å². The Labute approximate surface area is 236 Å². The number of carbonyl (C=O) groups is 3. The van der Waals surface area contributed by atoms with Crippen LogP contribution < -0.4 is 27.6 Å². The molecule has 2 fully saturated rings. The Morgan fingerprint density at radius 3 is 2.61 bits per heavy atom. The summed E-state index contributed by atoms with van der Waals surface area (Å²) in [6.07, 6.45) is -11.0. The summed E-state index contributed by atoms with van der Waals surface area (Å²) >= 11 is 1.45. The van der Waals surface area contributed by atoms with E-state index in [1.807, 2.05) is 11.9 Å². The minimum atomic E-state index is -1.85. The van der Waals surface area contributed by atoms with E-state index in [1.165, 1.54) is 18.9 Å². The lowest BCUT2D eigenvalue weighted by atomic mass is 10.0. The molecule has 226 valence electrons. The largest absolute Gasteiger partial charge is 0.456 e. The third kappa shape index (κ3) is 6.64. The Bertz CT molecular complexity index is 1300. The number of aliphatic hydroxyl groups excluding tert-OH is 3. The van der Waals surface area contributed by atoms with Crippen molar-refractivity contribution in [1.82, 2.24) is 20.2 Å². The van der Waals surface area contributed by atoms with E-state index >= 15 is 0 Å². The first-order valence-corrected chi connectivity index (χ1v) is 13.6. The van der Waals surface area contributed by atoms with E-state index in [9.17, 15) is 39.3 Å². The number of hydrogen-bond acceptors (Lipinski definition) is 13. The van der Waals surface area contributed by atoms with Crippen LogP contribution in [0, 0.1) is 0 Å². The van der Waals surface area contributed by atoms with Gasteiger partial charge in [0, 0.05) is 36.9 Å². The number of nitrogens with two attached hydrogens (primary N) is 1. The molecule has 10 atom stereocenters. The number of hydrogen-bond donors (Lipinski definition) is 7. The predicted octanol–water partition coefficient (Wildman–Crippen LogP) is -4.62. The van der Waals surface area contributed by atoms with Gasteiger partial charge in [0.1, 0.15) is 36.6 Å². The fourth-order valence-corrected chi connectivity index (χ4v) is 5.59. The van der Waals surface area contributed by atoms with Crippen LogP contribution in [0.4, 0.5) is 0 Å². The van der Waals surface area contributed by atoms with Crippen molar-refractivity contribution in [2.75, 3.05) is 18.6 Å². The third-order valence-electron chi connectivity index (χ3n) is 6.59. The Balaban J connectivity index is 1.51. The maximum atomic E-state index is 12.9. The molecule has 0 saturated carbocycles. The molecule has 17 nitrogen and oxygen atoms in total. The van der Waals surface area contributed by atoms with Gasteiger partial charge in [-0.05, 0) is 13.0 Å². The van der Waals surface area contributed by atoms with Gasteiger partial charge in [-0.1, -0.05) is 0 Å². The van der Waals surface area contributed by atoms with Crippen LogP contribution in [0.15, 0.2) is 33.7 Å². The van der Waals surface area contributed by atoms with E-state index in [1.54, 1.807) is 0 Å². The molecule has 41 heavy (non-hydrogen) atoms. The summed E-state index contributed by atoms with van der Waals surface area (Å²) in [5, 5.41) is 36.9. The number of rotatable bonds is 8. The van der Waals surface area contributed by atoms with Crippen LogP contribution in [0.2, 0.25) is 0 Å². The molecule has 3 amide bonds. The Kier molecular flexibility index (Phi) is 9.52. The molecule has 1 unspecified atom stereocenters. The number of aliphatic hydroxyl groups is 3.